The Morgan fingerprint density at radius 1 is 1.26 bits per heavy atom. The minimum absolute atomic E-state index is 0.313. The molecule has 0 saturated carbocycles. The van der Waals surface area contributed by atoms with Gasteiger partial charge in [-0.1, -0.05) is 17.7 Å². The highest BCUT2D eigenvalue weighted by Crippen LogP contribution is 2.25. The average molecular weight is 403 g/mol. The Labute approximate surface area is 132 Å². The van der Waals surface area contributed by atoms with Crippen LogP contribution in [0.15, 0.2) is 35.7 Å². The van der Waals surface area contributed by atoms with Crippen LogP contribution in [0, 0.1) is 3.57 Å². The number of ether oxygens (including phenoxy) is 1. The minimum Gasteiger partial charge on any atom is -0.486 e. The molecule has 19 heavy (non-hydrogen) atoms. The van der Waals surface area contributed by atoms with Crippen LogP contribution < -0.4 is 4.74 Å². The Kier molecular flexibility index (Phi) is 3.86. The van der Waals surface area contributed by atoms with Crippen LogP contribution in [-0.2, 0) is 6.61 Å². The van der Waals surface area contributed by atoms with E-state index < -0.39 is 0 Å². The maximum Gasteiger partial charge on any atom is 0.169 e. The van der Waals surface area contributed by atoms with Gasteiger partial charge in [-0.15, -0.1) is 11.3 Å². The van der Waals surface area contributed by atoms with Gasteiger partial charge >= 0.3 is 0 Å². The SMILES string of the molecule is Clc1nc(COc2cccc(I)c2)nc2sccc12. The van der Waals surface area contributed by atoms with Gasteiger partial charge < -0.3 is 4.74 Å². The van der Waals surface area contributed by atoms with Crippen molar-refractivity contribution in [2.75, 3.05) is 0 Å². The highest BCUT2D eigenvalue weighted by molar-refractivity contribution is 14.1. The third kappa shape index (κ3) is 2.98. The van der Waals surface area contributed by atoms with Crippen LogP contribution in [0.25, 0.3) is 10.2 Å². The fourth-order valence-corrected chi connectivity index (χ4v) is 3.23. The molecule has 0 aliphatic carbocycles. The molecule has 0 spiro atoms. The summed E-state index contributed by atoms with van der Waals surface area (Å²) in [5, 5.41) is 3.33. The average Bonchev–Trinajstić information content (AvgIpc) is 2.85. The van der Waals surface area contributed by atoms with Crippen LogP contribution in [0.1, 0.15) is 5.82 Å². The second-order valence-electron chi connectivity index (χ2n) is 3.82. The summed E-state index contributed by atoms with van der Waals surface area (Å²) >= 11 is 9.90. The second-order valence-corrected chi connectivity index (χ2v) is 6.31. The highest BCUT2D eigenvalue weighted by atomic mass is 127. The molecule has 0 fully saturated rings. The summed E-state index contributed by atoms with van der Waals surface area (Å²) in [5.41, 5.74) is 0. The Morgan fingerprint density at radius 2 is 2.16 bits per heavy atom. The molecular weight excluding hydrogens is 395 g/mol. The largest absolute Gasteiger partial charge is 0.486 e. The molecule has 0 atom stereocenters. The lowest BCUT2D eigenvalue weighted by molar-refractivity contribution is 0.296. The van der Waals surface area contributed by atoms with Crippen LogP contribution in [0.2, 0.25) is 5.15 Å². The molecule has 0 aliphatic rings. The molecule has 2 heterocycles. The van der Waals surface area contributed by atoms with Crippen molar-refractivity contribution in [3.63, 3.8) is 0 Å². The number of aromatic nitrogens is 2. The van der Waals surface area contributed by atoms with E-state index in [1.165, 1.54) is 0 Å². The van der Waals surface area contributed by atoms with E-state index in [2.05, 4.69) is 32.6 Å². The quantitative estimate of drug-likeness (QED) is 0.477. The second kappa shape index (κ2) is 5.60. The lowest BCUT2D eigenvalue weighted by Crippen LogP contribution is -2.01. The van der Waals surface area contributed by atoms with Gasteiger partial charge in [-0.25, -0.2) is 9.97 Å². The summed E-state index contributed by atoms with van der Waals surface area (Å²) in [7, 11) is 0. The van der Waals surface area contributed by atoms with Crippen LogP contribution in [0.5, 0.6) is 5.75 Å². The molecule has 3 nitrogen and oxygen atoms in total. The van der Waals surface area contributed by atoms with Crippen molar-refractivity contribution >= 4 is 55.7 Å². The van der Waals surface area contributed by atoms with Gasteiger partial charge in [-0.2, -0.15) is 0 Å². The van der Waals surface area contributed by atoms with Crippen molar-refractivity contribution in [1.29, 1.82) is 0 Å². The highest BCUT2D eigenvalue weighted by Gasteiger charge is 2.07. The smallest absolute Gasteiger partial charge is 0.169 e. The fourth-order valence-electron chi connectivity index (χ4n) is 1.63. The summed E-state index contributed by atoms with van der Waals surface area (Å²) in [6.45, 7) is 0.313. The zero-order valence-electron chi connectivity index (χ0n) is 9.64. The summed E-state index contributed by atoms with van der Waals surface area (Å²) in [6, 6.07) is 9.76. The molecule has 0 bridgehead atoms. The topological polar surface area (TPSA) is 35.0 Å². The third-order valence-corrected chi connectivity index (χ3v) is 4.25. The zero-order valence-corrected chi connectivity index (χ0v) is 13.4. The molecule has 2 aromatic heterocycles. The number of nitrogens with zero attached hydrogens (tertiary/aromatic N) is 2. The standard InChI is InChI=1S/C13H8ClIN2OS/c14-12-10-4-5-19-13(10)17-11(16-12)7-18-9-3-1-2-8(15)6-9/h1-6H,7H2. The first kappa shape index (κ1) is 13.1. The van der Waals surface area contributed by atoms with Crippen molar-refractivity contribution in [2.24, 2.45) is 0 Å². The van der Waals surface area contributed by atoms with Crippen molar-refractivity contribution in [1.82, 2.24) is 9.97 Å². The van der Waals surface area contributed by atoms with E-state index in [0.29, 0.717) is 17.6 Å². The molecule has 0 aliphatic heterocycles. The Morgan fingerprint density at radius 3 is 3.00 bits per heavy atom. The predicted octanol–water partition coefficient (Wildman–Crippen LogP) is 4.53. The maximum absolute atomic E-state index is 6.11. The molecule has 6 heteroatoms. The maximum atomic E-state index is 6.11. The predicted molar refractivity (Wildman–Crippen MR) is 85.9 cm³/mol. The zero-order chi connectivity index (χ0) is 13.2. The number of rotatable bonds is 3. The first-order chi connectivity index (χ1) is 9.22. The molecule has 96 valence electrons. The number of fused-ring (bicyclic) bond motifs is 1. The van der Waals surface area contributed by atoms with Gasteiger partial charge in [0.15, 0.2) is 5.82 Å². The molecule has 3 aromatic rings. The molecule has 0 N–H and O–H groups in total. The van der Waals surface area contributed by atoms with Crippen molar-refractivity contribution in [2.45, 2.75) is 6.61 Å². The van der Waals surface area contributed by atoms with E-state index in [1.807, 2.05) is 35.7 Å². The molecule has 0 amide bonds. The molecule has 1 aromatic carbocycles. The van der Waals surface area contributed by atoms with Crippen LogP contribution in [0.4, 0.5) is 0 Å². The van der Waals surface area contributed by atoms with Crippen molar-refractivity contribution in [3.05, 3.63) is 50.3 Å². The molecule has 0 unspecified atom stereocenters. The van der Waals surface area contributed by atoms with E-state index >= 15 is 0 Å². The van der Waals surface area contributed by atoms with Gasteiger partial charge in [-0.3, -0.25) is 0 Å². The van der Waals surface area contributed by atoms with Gasteiger partial charge in [0.05, 0.1) is 0 Å². The van der Waals surface area contributed by atoms with E-state index in [1.54, 1.807) is 11.3 Å². The van der Waals surface area contributed by atoms with Gasteiger partial charge in [0.2, 0.25) is 0 Å². The van der Waals surface area contributed by atoms with E-state index in [9.17, 15) is 0 Å². The lowest BCUT2D eigenvalue weighted by atomic mass is 10.3. The monoisotopic (exact) mass is 402 g/mol. The summed E-state index contributed by atoms with van der Waals surface area (Å²) in [6.07, 6.45) is 0. The first-order valence-corrected chi connectivity index (χ1v) is 7.84. The number of thiophene rings is 1. The summed E-state index contributed by atoms with van der Waals surface area (Å²) < 4.78 is 6.80. The number of benzene rings is 1. The molecule has 3 rings (SSSR count). The number of hydrogen-bond acceptors (Lipinski definition) is 4. The van der Waals surface area contributed by atoms with E-state index in [4.69, 9.17) is 16.3 Å². The van der Waals surface area contributed by atoms with Gasteiger partial charge in [0, 0.05) is 8.96 Å². The summed E-state index contributed by atoms with van der Waals surface area (Å²) in [4.78, 5) is 9.56. The molecule has 0 saturated heterocycles. The number of halogens is 2. The van der Waals surface area contributed by atoms with Gasteiger partial charge in [0.25, 0.3) is 0 Å². The molecule has 0 radical (unpaired) electrons. The Bertz CT molecular complexity index is 731. The Hall–Kier alpha value is -0.920. The normalized spacial score (nSPS) is 10.8. The van der Waals surface area contributed by atoms with E-state index in [0.717, 1.165) is 19.5 Å². The first-order valence-electron chi connectivity index (χ1n) is 5.50. The fraction of sp³-hybridized carbons (Fsp3) is 0.0769. The van der Waals surface area contributed by atoms with Crippen molar-refractivity contribution < 1.29 is 4.74 Å². The van der Waals surface area contributed by atoms with Crippen molar-refractivity contribution in [3.8, 4) is 5.75 Å². The molecular formula is C13H8ClIN2OS. The van der Waals surface area contributed by atoms with Gasteiger partial charge in [0.1, 0.15) is 22.3 Å². The Balaban J connectivity index is 1.81. The van der Waals surface area contributed by atoms with Gasteiger partial charge in [-0.05, 0) is 52.2 Å². The third-order valence-electron chi connectivity index (χ3n) is 2.49. The summed E-state index contributed by atoms with van der Waals surface area (Å²) in [5.74, 6) is 1.40. The number of hydrogen-bond donors (Lipinski definition) is 0. The minimum atomic E-state index is 0.313. The van der Waals surface area contributed by atoms with Crippen LogP contribution >= 0.6 is 45.5 Å². The lowest BCUT2D eigenvalue weighted by Gasteiger charge is -2.06. The van der Waals surface area contributed by atoms with Crippen LogP contribution in [0.3, 0.4) is 0 Å². The van der Waals surface area contributed by atoms with E-state index in [-0.39, 0.29) is 0 Å². The van der Waals surface area contributed by atoms with Crippen LogP contribution in [-0.4, -0.2) is 9.97 Å².